The van der Waals surface area contributed by atoms with Gasteiger partial charge in [0.05, 0.1) is 5.75 Å². The molecular formula is C14H22Cl2N2O2S. The van der Waals surface area contributed by atoms with E-state index in [4.69, 9.17) is 17.3 Å². The predicted molar refractivity (Wildman–Crippen MR) is 89.3 cm³/mol. The first-order valence-electron chi connectivity index (χ1n) is 6.69. The van der Waals surface area contributed by atoms with Crippen LogP contribution in [0.25, 0.3) is 0 Å². The third-order valence-corrected chi connectivity index (χ3v) is 6.11. The molecule has 120 valence electrons. The summed E-state index contributed by atoms with van der Waals surface area (Å²) in [5, 5.41) is 0.490. The number of sulfonamides is 1. The monoisotopic (exact) mass is 352 g/mol. The molecule has 1 atom stereocenters. The average Bonchev–Trinajstić information content (AvgIpc) is 2.35. The van der Waals surface area contributed by atoms with E-state index in [0.717, 1.165) is 0 Å². The van der Waals surface area contributed by atoms with Crippen molar-refractivity contribution in [2.24, 2.45) is 11.1 Å². The van der Waals surface area contributed by atoms with Gasteiger partial charge in [0.1, 0.15) is 0 Å². The third-order valence-electron chi connectivity index (χ3n) is 3.97. The van der Waals surface area contributed by atoms with E-state index in [0.29, 0.717) is 30.1 Å². The van der Waals surface area contributed by atoms with E-state index < -0.39 is 10.0 Å². The zero-order chi connectivity index (χ0) is 15.0. The molecule has 0 aliphatic carbocycles. The standard InChI is InChI=1S/C14H21ClN2O2S.ClH/c1-14(2)10-17(8-7-13(14)16)20(18,19)9-11-5-3-4-6-12(11)15;/h3-6,13H,7-10,16H2,1-2H3;1H. The number of rotatable bonds is 3. The number of halogens is 2. The molecule has 0 spiro atoms. The van der Waals surface area contributed by atoms with Crippen LogP contribution in [-0.2, 0) is 15.8 Å². The molecule has 1 saturated heterocycles. The van der Waals surface area contributed by atoms with Gasteiger partial charge in [-0.15, -0.1) is 12.4 Å². The van der Waals surface area contributed by atoms with Gasteiger partial charge in [0.15, 0.2) is 0 Å². The Morgan fingerprint density at radius 1 is 1.38 bits per heavy atom. The van der Waals surface area contributed by atoms with Crippen LogP contribution in [0.15, 0.2) is 24.3 Å². The zero-order valence-electron chi connectivity index (χ0n) is 12.3. The van der Waals surface area contributed by atoms with Crippen LogP contribution < -0.4 is 5.73 Å². The van der Waals surface area contributed by atoms with Crippen molar-refractivity contribution in [3.8, 4) is 0 Å². The van der Waals surface area contributed by atoms with Crippen molar-refractivity contribution in [2.75, 3.05) is 13.1 Å². The van der Waals surface area contributed by atoms with Crippen LogP contribution in [0.3, 0.4) is 0 Å². The van der Waals surface area contributed by atoms with Crippen LogP contribution in [0.1, 0.15) is 25.8 Å². The van der Waals surface area contributed by atoms with Crippen LogP contribution in [0.5, 0.6) is 0 Å². The van der Waals surface area contributed by atoms with Crippen molar-refractivity contribution in [3.63, 3.8) is 0 Å². The highest BCUT2D eigenvalue weighted by Crippen LogP contribution is 2.30. The molecule has 0 amide bonds. The largest absolute Gasteiger partial charge is 0.327 e. The second kappa shape index (κ2) is 6.84. The molecule has 1 aliphatic heterocycles. The molecular weight excluding hydrogens is 331 g/mol. The number of benzene rings is 1. The van der Waals surface area contributed by atoms with E-state index in [2.05, 4.69) is 0 Å². The molecule has 1 aromatic carbocycles. The third kappa shape index (κ3) is 4.33. The molecule has 1 unspecified atom stereocenters. The minimum Gasteiger partial charge on any atom is -0.327 e. The Kier molecular flexibility index (Phi) is 6.09. The summed E-state index contributed by atoms with van der Waals surface area (Å²) < 4.78 is 26.6. The minimum atomic E-state index is -3.36. The Bertz CT molecular complexity index is 590. The first-order chi connectivity index (χ1) is 9.22. The normalized spacial score (nSPS) is 22.6. The summed E-state index contributed by atoms with van der Waals surface area (Å²) >= 11 is 6.05. The van der Waals surface area contributed by atoms with Crippen LogP contribution in [0, 0.1) is 5.41 Å². The fraction of sp³-hybridized carbons (Fsp3) is 0.571. The van der Waals surface area contributed by atoms with Crippen molar-refractivity contribution >= 4 is 34.0 Å². The number of nitrogens with zero attached hydrogens (tertiary/aromatic N) is 1. The van der Waals surface area contributed by atoms with E-state index in [1.54, 1.807) is 28.6 Å². The summed E-state index contributed by atoms with van der Waals surface area (Å²) in [4.78, 5) is 0. The molecule has 1 heterocycles. The lowest BCUT2D eigenvalue weighted by atomic mass is 9.81. The van der Waals surface area contributed by atoms with E-state index >= 15 is 0 Å². The van der Waals surface area contributed by atoms with Crippen molar-refractivity contribution < 1.29 is 8.42 Å². The van der Waals surface area contributed by atoms with Gasteiger partial charge in [-0.2, -0.15) is 0 Å². The van der Waals surface area contributed by atoms with Gasteiger partial charge < -0.3 is 5.73 Å². The summed E-state index contributed by atoms with van der Waals surface area (Å²) in [5.41, 5.74) is 6.49. The average molecular weight is 353 g/mol. The summed E-state index contributed by atoms with van der Waals surface area (Å²) in [6, 6.07) is 7.09. The highest BCUT2D eigenvalue weighted by molar-refractivity contribution is 7.88. The van der Waals surface area contributed by atoms with Gasteiger partial charge in [-0.05, 0) is 23.5 Å². The quantitative estimate of drug-likeness (QED) is 0.909. The Morgan fingerprint density at radius 2 is 2.00 bits per heavy atom. The Balaban J connectivity index is 0.00000220. The van der Waals surface area contributed by atoms with Gasteiger partial charge in [-0.3, -0.25) is 0 Å². The fourth-order valence-corrected chi connectivity index (χ4v) is 4.49. The highest BCUT2D eigenvalue weighted by Gasteiger charge is 2.38. The SMILES string of the molecule is CC1(C)CN(S(=O)(=O)Cc2ccccc2Cl)CCC1N.Cl. The summed E-state index contributed by atoms with van der Waals surface area (Å²) in [7, 11) is -3.36. The van der Waals surface area contributed by atoms with Crippen LogP contribution >= 0.6 is 24.0 Å². The van der Waals surface area contributed by atoms with Gasteiger partial charge in [0, 0.05) is 24.2 Å². The first-order valence-corrected chi connectivity index (χ1v) is 8.68. The lowest BCUT2D eigenvalue weighted by Gasteiger charge is -2.41. The van der Waals surface area contributed by atoms with Crippen LogP contribution in [0.2, 0.25) is 5.02 Å². The van der Waals surface area contributed by atoms with Crippen molar-refractivity contribution in [2.45, 2.75) is 32.1 Å². The first kappa shape index (κ1) is 18.7. The number of piperidine rings is 1. The topological polar surface area (TPSA) is 63.4 Å². The second-order valence-electron chi connectivity index (χ2n) is 6.06. The number of hydrogen-bond donors (Lipinski definition) is 1. The molecule has 1 aromatic rings. The van der Waals surface area contributed by atoms with Gasteiger partial charge in [-0.25, -0.2) is 12.7 Å². The molecule has 1 fully saturated rings. The molecule has 0 aromatic heterocycles. The van der Waals surface area contributed by atoms with Gasteiger partial charge in [-0.1, -0.05) is 43.6 Å². The molecule has 21 heavy (non-hydrogen) atoms. The Morgan fingerprint density at radius 3 is 2.57 bits per heavy atom. The lowest BCUT2D eigenvalue weighted by molar-refractivity contribution is 0.155. The molecule has 7 heteroatoms. The maximum absolute atomic E-state index is 12.5. The molecule has 0 radical (unpaired) electrons. The van der Waals surface area contributed by atoms with Crippen LogP contribution in [0.4, 0.5) is 0 Å². The molecule has 4 nitrogen and oxygen atoms in total. The lowest BCUT2D eigenvalue weighted by Crippen LogP contribution is -2.54. The maximum atomic E-state index is 12.5. The summed E-state index contributed by atoms with van der Waals surface area (Å²) in [6.45, 7) is 4.96. The number of nitrogens with two attached hydrogens (primary N) is 1. The minimum absolute atomic E-state index is 0. The fourth-order valence-electron chi connectivity index (χ4n) is 2.47. The second-order valence-corrected chi connectivity index (χ2v) is 8.44. The van der Waals surface area contributed by atoms with E-state index in [9.17, 15) is 8.42 Å². The molecule has 1 aliphatic rings. The molecule has 0 saturated carbocycles. The Hall–Kier alpha value is -0.330. The van der Waals surface area contributed by atoms with Crippen LogP contribution in [-0.4, -0.2) is 31.9 Å². The molecule has 0 bridgehead atoms. The van der Waals surface area contributed by atoms with Gasteiger partial charge >= 0.3 is 0 Å². The Labute approximate surface area is 138 Å². The number of hydrogen-bond acceptors (Lipinski definition) is 3. The molecule has 2 N–H and O–H groups in total. The zero-order valence-corrected chi connectivity index (χ0v) is 14.6. The molecule has 2 rings (SSSR count). The van der Waals surface area contributed by atoms with E-state index in [-0.39, 0.29) is 29.6 Å². The van der Waals surface area contributed by atoms with Gasteiger partial charge in [0.25, 0.3) is 0 Å². The maximum Gasteiger partial charge on any atom is 0.218 e. The van der Waals surface area contributed by atoms with Crippen molar-refractivity contribution in [1.29, 1.82) is 0 Å². The van der Waals surface area contributed by atoms with E-state index in [1.807, 2.05) is 13.8 Å². The van der Waals surface area contributed by atoms with Crippen molar-refractivity contribution in [1.82, 2.24) is 4.31 Å². The summed E-state index contributed by atoms with van der Waals surface area (Å²) in [6.07, 6.45) is 0.689. The van der Waals surface area contributed by atoms with Crippen molar-refractivity contribution in [3.05, 3.63) is 34.9 Å². The van der Waals surface area contributed by atoms with E-state index in [1.165, 1.54) is 0 Å². The van der Waals surface area contributed by atoms with Gasteiger partial charge in [0.2, 0.25) is 10.0 Å². The highest BCUT2D eigenvalue weighted by atomic mass is 35.5. The predicted octanol–water partition coefficient (Wildman–Crippen LogP) is 2.65. The smallest absolute Gasteiger partial charge is 0.218 e. The summed E-state index contributed by atoms with van der Waals surface area (Å²) in [5.74, 6) is -0.0575.